The Morgan fingerprint density at radius 3 is 2.84 bits per heavy atom. The second kappa shape index (κ2) is 9.46. The van der Waals surface area contributed by atoms with Gasteiger partial charge in [0.05, 0.1) is 0 Å². The Hall–Kier alpha value is -2.02. The first kappa shape index (κ1) is 19.3. The van der Waals surface area contributed by atoms with Gasteiger partial charge in [-0.1, -0.05) is 44.2 Å². The van der Waals surface area contributed by atoms with Crippen LogP contribution in [0.2, 0.25) is 0 Å². The van der Waals surface area contributed by atoms with E-state index in [1.165, 1.54) is 0 Å². The zero-order valence-corrected chi connectivity index (χ0v) is 16.1. The minimum absolute atomic E-state index is 0.218. The molecule has 0 radical (unpaired) electrons. The van der Waals surface area contributed by atoms with Crippen LogP contribution in [0.5, 0.6) is 5.75 Å². The molecule has 1 aromatic heterocycles. The molecular weight excluding hydrogens is 336 g/mol. The number of aromatic nitrogens is 3. The standard InChI is InChI=1S/C18H26N4O2S/c1-5-7-11-25-18-21-20-17(22(18)4)19-16(23)15(6-2)24-14-10-8-9-13(3)12-14/h8-10,12,15H,5-7,11H2,1-4H3,(H,19,20,23). The van der Waals surface area contributed by atoms with Crippen molar-refractivity contribution in [2.45, 2.75) is 51.3 Å². The number of benzene rings is 1. The molecule has 136 valence electrons. The van der Waals surface area contributed by atoms with Crippen molar-refractivity contribution in [1.29, 1.82) is 0 Å². The van der Waals surface area contributed by atoms with Gasteiger partial charge in [0.25, 0.3) is 5.91 Å². The zero-order valence-electron chi connectivity index (χ0n) is 15.3. The van der Waals surface area contributed by atoms with Crippen LogP contribution in [-0.4, -0.2) is 32.5 Å². The molecule has 0 fully saturated rings. The average molecular weight is 362 g/mol. The molecule has 2 rings (SSSR count). The molecule has 0 aliphatic rings. The van der Waals surface area contributed by atoms with E-state index in [1.54, 1.807) is 16.3 Å². The van der Waals surface area contributed by atoms with Gasteiger partial charge >= 0.3 is 0 Å². The molecule has 1 N–H and O–H groups in total. The molecule has 0 bridgehead atoms. The van der Waals surface area contributed by atoms with Gasteiger partial charge in [0.1, 0.15) is 5.75 Å². The van der Waals surface area contributed by atoms with Crippen LogP contribution in [0.4, 0.5) is 5.95 Å². The second-order valence-electron chi connectivity index (χ2n) is 5.89. The Balaban J connectivity index is 1.99. The van der Waals surface area contributed by atoms with Crippen molar-refractivity contribution in [3.63, 3.8) is 0 Å². The van der Waals surface area contributed by atoms with Crippen molar-refractivity contribution in [2.24, 2.45) is 7.05 Å². The first-order valence-electron chi connectivity index (χ1n) is 8.61. The third-order valence-corrected chi connectivity index (χ3v) is 4.84. The van der Waals surface area contributed by atoms with Crippen LogP contribution in [0, 0.1) is 6.92 Å². The van der Waals surface area contributed by atoms with Crippen molar-refractivity contribution in [2.75, 3.05) is 11.1 Å². The number of aryl methyl sites for hydroxylation is 1. The molecule has 1 unspecified atom stereocenters. The van der Waals surface area contributed by atoms with Gasteiger partial charge in [0.15, 0.2) is 11.3 Å². The topological polar surface area (TPSA) is 69.0 Å². The summed E-state index contributed by atoms with van der Waals surface area (Å²) in [5.74, 6) is 1.90. The number of rotatable bonds is 9. The minimum atomic E-state index is -0.574. The molecule has 7 heteroatoms. The molecule has 2 aromatic rings. The first-order chi connectivity index (χ1) is 12.0. The predicted molar refractivity (Wildman–Crippen MR) is 101 cm³/mol. The number of carbonyl (C=O) groups is 1. The van der Waals surface area contributed by atoms with E-state index in [0.29, 0.717) is 18.1 Å². The summed E-state index contributed by atoms with van der Waals surface area (Å²) in [5, 5.41) is 11.8. The molecule has 6 nitrogen and oxygen atoms in total. The molecule has 0 spiro atoms. The van der Waals surface area contributed by atoms with Gasteiger partial charge in [-0.2, -0.15) is 0 Å². The number of ether oxygens (including phenoxy) is 1. The molecule has 0 aliphatic carbocycles. The van der Waals surface area contributed by atoms with E-state index < -0.39 is 6.10 Å². The summed E-state index contributed by atoms with van der Waals surface area (Å²) in [6.45, 7) is 6.07. The number of nitrogens with one attached hydrogen (secondary N) is 1. The summed E-state index contributed by atoms with van der Waals surface area (Å²) in [4.78, 5) is 12.5. The highest BCUT2D eigenvalue weighted by molar-refractivity contribution is 7.99. The highest BCUT2D eigenvalue weighted by atomic mass is 32.2. The van der Waals surface area contributed by atoms with Crippen LogP contribution < -0.4 is 10.1 Å². The molecular formula is C18H26N4O2S. The normalized spacial score (nSPS) is 12.0. The maximum atomic E-state index is 12.5. The number of thioether (sulfide) groups is 1. The van der Waals surface area contributed by atoms with E-state index in [1.807, 2.05) is 45.2 Å². The number of hydrogen-bond acceptors (Lipinski definition) is 5. The van der Waals surface area contributed by atoms with Crippen LogP contribution in [0.15, 0.2) is 29.4 Å². The molecule has 25 heavy (non-hydrogen) atoms. The number of nitrogens with zero attached hydrogens (tertiary/aromatic N) is 3. The second-order valence-corrected chi connectivity index (χ2v) is 6.95. The third-order valence-electron chi connectivity index (χ3n) is 3.73. The Morgan fingerprint density at radius 2 is 2.16 bits per heavy atom. The van der Waals surface area contributed by atoms with Crippen molar-refractivity contribution < 1.29 is 9.53 Å². The smallest absolute Gasteiger partial charge is 0.267 e. The summed E-state index contributed by atoms with van der Waals surface area (Å²) in [5.41, 5.74) is 1.09. The maximum absolute atomic E-state index is 12.5. The van der Waals surface area contributed by atoms with E-state index in [-0.39, 0.29) is 5.91 Å². The third kappa shape index (κ3) is 5.49. The van der Waals surface area contributed by atoms with Crippen LogP contribution in [-0.2, 0) is 11.8 Å². The van der Waals surface area contributed by atoms with Crippen molar-refractivity contribution >= 4 is 23.6 Å². The monoisotopic (exact) mass is 362 g/mol. The van der Waals surface area contributed by atoms with E-state index >= 15 is 0 Å². The van der Waals surface area contributed by atoms with Crippen molar-refractivity contribution in [3.05, 3.63) is 29.8 Å². The summed E-state index contributed by atoms with van der Waals surface area (Å²) in [6, 6.07) is 7.68. The molecule has 1 aromatic carbocycles. The highest BCUT2D eigenvalue weighted by Crippen LogP contribution is 2.20. The highest BCUT2D eigenvalue weighted by Gasteiger charge is 2.21. The van der Waals surface area contributed by atoms with E-state index in [2.05, 4.69) is 22.4 Å². The number of amides is 1. The summed E-state index contributed by atoms with van der Waals surface area (Å²) in [6.07, 6.45) is 2.26. The fourth-order valence-corrected chi connectivity index (χ4v) is 3.22. The summed E-state index contributed by atoms with van der Waals surface area (Å²) in [7, 11) is 1.85. The number of anilines is 1. The molecule has 1 amide bonds. The Labute approximate surface area is 153 Å². The minimum Gasteiger partial charge on any atom is -0.481 e. The predicted octanol–water partition coefficient (Wildman–Crippen LogP) is 3.81. The fraction of sp³-hybridized carbons (Fsp3) is 0.500. The zero-order chi connectivity index (χ0) is 18.2. The number of carbonyl (C=O) groups excluding carboxylic acids is 1. The van der Waals surface area contributed by atoms with Gasteiger partial charge in [-0.05, 0) is 37.5 Å². The van der Waals surface area contributed by atoms with Gasteiger partial charge in [-0.25, -0.2) is 0 Å². The lowest BCUT2D eigenvalue weighted by Crippen LogP contribution is -2.33. The van der Waals surface area contributed by atoms with Crippen LogP contribution >= 0.6 is 11.8 Å². The lowest BCUT2D eigenvalue weighted by molar-refractivity contribution is -0.122. The molecule has 1 heterocycles. The Kier molecular flexibility index (Phi) is 7.31. The molecule has 0 saturated heterocycles. The van der Waals surface area contributed by atoms with Gasteiger partial charge in [0, 0.05) is 12.8 Å². The van der Waals surface area contributed by atoms with Gasteiger partial charge in [-0.3, -0.25) is 14.7 Å². The first-order valence-corrected chi connectivity index (χ1v) is 9.60. The van der Waals surface area contributed by atoms with Crippen molar-refractivity contribution in [1.82, 2.24) is 14.8 Å². The summed E-state index contributed by atoms with van der Waals surface area (Å²) >= 11 is 1.64. The largest absolute Gasteiger partial charge is 0.481 e. The SMILES string of the molecule is CCCCSc1nnc(NC(=O)C(CC)Oc2cccc(C)c2)n1C. The van der Waals surface area contributed by atoms with Crippen LogP contribution in [0.25, 0.3) is 0 Å². The van der Waals surface area contributed by atoms with Crippen LogP contribution in [0.3, 0.4) is 0 Å². The van der Waals surface area contributed by atoms with Gasteiger partial charge < -0.3 is 4.74 Å². The van der Waals surface area contributed by atoms with Crippen LogP contribution in [0.1, 0.15) is 38.7 Å². The average Bonchev–Trinajstić information content (AvgIpc) is 2.93. The summed E-state index contributed by atoms with van der Waals surface area (Å²) < 4.78 is 7.63. The van der Waals surface area contributed by atoms with E-state index in [4.69, 9.17) is 4.74 Å². The van der Waals surface area contributed by atoms with Crippen molar-refractivity contribution in [3.8, 4) is 5.75 Å². The lowest BCUT2D eigenvalue weighted by atomic mass is 10.2. The number of unbranched alkanes of at least 4 members (excludes halogenated alkanes) is 1. The maximum Gasteiger partial charge on any atom is 0.267 e. The van der Waals surface area contributed by atoms with Gasteiger partial charge in [0.2, 0.25) is 5.95 Å². The lowest BCUT2D eigenvalue weighted by Gasteiger charge is -2.17. The molecule has 0 aliphatic heterocycles. The quantitative estimate of drug-likeness (QED) is 0.542. The van der Waals surface area contributed by atoms with Gasteiger partial charge in [-0.15, -0.1) is 10.2 Å². The Morgan fingerprint density at radius 1 is 1.36 bits per heavy atom. The fourth-order valence-electron chi connectivity index (χ4n) is 2.22. The molecule has 1 atom stereocenters. The van der Waals surface area contributed by atoms with E-state index in [0.717, 1.165) is 29.3 Å². The Bertz CT molecular complexity index is 702. The number of hydrogen-bond donors (Lipinski definition) is 1. The molecule has 0 saturated carbocycles. The van der Waals surface area contributed by atoms with E-state index in [9.17, 15) is 4.79 Å².